The van der Waals surface area contributed by atoms with E-state index >= 15 is 0 Å². The molecule has 0 spiro atoms. The summed E-state index contributed by atoms with van der Waals surface area (Å²) in [5.74, 6) is 2.05. The molecule has 0 atom stereocenters. The second-order valence-corrected chi connectivity index (χ2v) is 8.61. The molecule has 0 heterocycles. The van der Waals surface area contributed by atoms with Crippen LogP contribution in [-0.2, 0) is 18.9 Å². The fourth-order valence-corrected chi connectivity index (χ4v) is 5.61. The number of terminal acetylenes is 1. The van der Waals surface area contributed by atoms with Crippen LogP contribution in [0, 0.1) is 12.3 Å². The molecule has 0 aliphatic carbocycles. The number of rotatable bonds is 6. The van der Waals surface area contributed by atoms with Gasteiger partial charge in [-0.25, -0.2) is 0 Å². The zero-order valence-corrected chi connectivity index (χ0v) is 10.1. The van der Waals surface area contributed by atoms with E-state index in [1.807, 2.05) is 0 Å². The van der Waals surface area contributed by atoms with E-state index in [1.165, 1.54) is 0 Å². The first kappa shape index (κ1) is 13.7. The van der Waals surface area contributed by atoms with E-state index in [4.69, 9.17) is 6.42 Å². The normalized spacial score (nSPS) is 12.4. The van der Waals surface area contributed by atoms with Crippen LogP contribution < -0.4 is 0 Å². The fourth-order valence-electron chi connectivity index (χ4n) is 0.855. The summed E-state index contributed by atoms with van der Waals surface area (Å²) in [5, 5.41) is 0. The first-order valence-corrected chi connectivity index (χ1v) is 8.10. The highest BCUT2D eigenvalue weighted by atomic mass is 32.2. The molecule has 0 aliphatic heterocycles. The third kappa shape index (κ3) is 4.80. The van der Waals surface area contributed by atoms with Crippen molar-refractivity contribution >= 4 is 17.3 Å². The molecular formula is C8H15O4PS. The Morgan fingerprint density at radius 1 is 1.36 bits per heavy atom. The summed E-state index contributed by atoms with van der Waals surface area (Å²) in [6.07, 6.45) is 5.58. The van der Waals surface area contributed by atoms with E-state index in [1.54, 1.807) is 13.8 Å². The van der Waals surface area contributed by atoms with Crippen LogP contribution in [0.25, 0.3) is 0 Å². The quantitative estimate of drug-likeness (QED) is 0.398. The lowest BCUT2D eigenvalue weighted by Gasteiger charge is -2.13. The summed E-state index contributed by atoms with van der Waals surface area (Å²) < 4.78 is 38.7. The summed E-state index contributed by atoms with van der Waals surface area (Å²) in [7, 11) is -6.36. The van der Waals surface area contributed by atoms with E-state index in [2.05, 4.69) is 10.1 Å². The van der Waals surface area contributed by atoms with Gasteiger partial charge in [-0.2, -0.15) is 8.42 Å². The molecule has 6 heteroatoms. The lowest BCUT2D eigenvalue weighted by molar-refractivity contribution is 0.366. The molecule has 0 aromatic heterocycles. The highest BCUT2D eigenvalue weighted by Gasteiger charge is 2.26. The van der Waals surface area contributed by atoms with Gasteiger partial charge in [0.15, 0.2) is 0 Å². The van der Waals surface area contributed by atoms with Crippen molar-refractivity contribution in [2.75, 3.05) is 24.4 Å². The van der Waals surface area contributed by atoms with Crippen LogP contribution >= 0.6 is 7.14 Å². The van der Waals surface area contributed by atoms with Gasteiger partial charge in [-0.3, -0.25) is 4.18 Å². The molecule has 0 fully saturated rings. The molecule has 0 amide bonds. The van der Waals surface area contributed by atoms with Crippen LogP contribution in [0.4, 0.5) is 0 Å². The van der Waals surface area contributed by atoms with E-state index in [-0.39, 0.29) is 6.61 Å². The van der Waals surface area contributed by atoms with Crippen LogP contribution in [0.5, 0.6) is 0 Å². The van der Waals surface area contributed by atoms with Crippen molar-refractivity contribution in [1.82, 2.24) is 0 Å². The second kappa shape index (κ2) is 5.55. The first-order valence-electron chi connectivity index (χ1n) is 4.27. The highest BCUT2D eigenvalue weighted by molar-refractivity contribution is 7.95. The molecule has 0 unspecified atom stereocenters. The lowest BCUT2D eigenvalue weighted by atomic mass is 10.8. The summed E-state index contributed by atoms with van der Waals surface area (Å²) in [5.41, 5.74) is -0.408. The predicted molar refractivity (Wildman–Crippen MR) is 57.3 cm³/mol. The molecule has 0 saturated heterocycles. The minimum Gasteiger partial charge on any atom is -0.322 e. The molecule has 0 N–H and O–H groups in total. The van der Waals surface area contributed by atoms with Crippen molar-refractivity contribution in [2.45, 2.75) is 13.8 Å². The third-order valence-electron chi connectivity index (χ3n) is 1.87. The highest BCUT2D eigenvalue weighted by Crippen LogP contribution is 2.45. The zero-order chi connectivity index (χ0) is 11.2. The first-order chi connectivity index (χ1) is 6.39. The Morgan fingerprint density at radius 2 is 1.86 bits per heavy atom. The Balaban J connectivity index is 4.51. The molecule has 4 nitrogen and oxygen atoms in total. The maximum absolute atomic E-state index is 11.8. The molecule has 0 aromatic rings. The minimum atomic E-state index is -3.73. The maximum atomic E-state index is 11.8. The standard InChI is InChI=1S/C8H15O4PS/c1-4-7-12-14(10,11)8-13(9,5-2)6-3/h1H,5-8H2,2-3H3. The van der Waals surface area contributed by atoms with E-state index < -0.39 is 22.8 Å². The van der Waals surface area contributed by atoms with Gasteiger partial charge in [0.05, 0.1) is 0 Å². The number of hydrogen-bond donors (Lipinski definition) is 0. The molecule has 0 aliphatic rings. The van der Waals surface area contributed by atoms with Gasteiger partial charge in [-0.15, -0.1) is 6.42 Å². The Bertz CT molecular complexity index is 344. The molecule has 0 rings (SSSR count). The minimum absolute atomic E-state index is 0.296. The van der Waals surface area contributed by atoms with Crippen molar-refractivity contribution in [2.24, 2.45) is 0 Å². The van der Waals surface area contributed by atoms with Gasteiger partial charge < -0.3 is 4.57 Å². The van der Waals surface area contributed by atoms with E-state index in [9.17, 15) is 13.0 Å². The Morgan fingerprint density at radius 3 is 2.21 bits per heavy atom. The molecule has 14 heavy (non-hydrogen) atoms. The van der Waals surface area contributed by atoms with Gasteiger partial charge in [-0.1, -0.05) is 19.8 Å². The molecular weight excluding hydrogens is 223 g/mol. The average molecular weight is 238 g/mol. The third-order valence-corrected chi connectivity index (χ3v) is 7.80. The van der Waals surface area contributed by atoms with Crippen molar-refractivity contribution in [3.05, 3.63) is 0 Å². The molecule has 0 bridgehead atoms. The monoisotopic (exact) mass is 238 g/mol. The average Bonchev–Trinajstić information content (AvgIpc) is 2.14. The van der Waals surface area contributed by atoms with Crippen LogP contribution in [0.1, 0.15) is 13.8 Å². The van der Waals surface area contributed by atoms with E-state index in [0.717, 1.165) is 0 Å². The smallest absolute Gasteiger partial charge is 0.275 e. The largest absolute Gasteiger partial charge is 0.322 e. The Hall–Kier alpha value is -0.300. The van der Waals surface area contributed by atoms with Crippen molar-refractivity contribution in [1.29, 1.82) is 0 Å². The van der Waals surface area contributed by atoms with Gasteiger partial charge in [0.2, 0.25) is 0 Å². The summed E-state index contributed by atoms with van der Waals surface area (Å²) >= 11 is 0. The van der Waals surface area contributed by atoms with Crippen molar-refractivity contribution in [3.63, 3.8) is 0 Å². The van der Waals surface area contributed by atoms with Crippen LogP contribution in [0.15, 0.2) is 0 Å². The Labute approximate surface area is 85.5 Å². The summed E-state index contributed by atoms with van der Waals surface area (Å²) in [6.45, 7) is 3.12. The second-order valence-electron chi connectivity index (χ2n) is 2.84. The van der Waals surface area contributed by atoms with Crippen LogP contribution in [0.3, 0.4) is 0 Å². The maximum Gasteiger partial charge on any atom is 0.275 e. The number of hydrogen-bond acceptors (Lipinski definition) is 4. The van der Waals surface area contributed by atoms with Gasteiger partial charge in [-0.05, 0) is 12.3 Å². The lowest BCUT2D eigenvalue weighted by Crippen LogP contribution is -2.13. The zero-order valence-electron chi connectivity index (χ0n) is 8.39. The molecule has 82 valence electrons. The van der Waals surface area contributed by atoms with E-state index in [0.29, 0.717) is 12.3 Å². The SMILES string of the molecule is C#CCOS(=O)(=O)CP(=O)(CC)CC. The Kier molecular flexibility index (Phi) is 5.43. The predicted octanol–water partition coefficient (Wildman–Crippen LogP) is 1.33. The van der Waals surface area contributed by atoms with Gasteiger partial charge in [0.1, 0.15) is 19.2 Å². The molecule has 0 saturated carbocycles. The van der Waals surface area contributed by atoms with Gasteiger partial charge in [0.25, 0.3) is 10.1 Å². The summed E-state index contributed by atoms with van der Waals surface area (Å²) in [6, 6.07) is 0. The van der Waals surface area contributed by atoms with Crippen molar-refractivity contribution in [3.8, 4) is 12.3 Å². The van der Waals surface area contributed by atoms with Crippen LogP contribution in [-0.4, -0.2) is 32.8 Å². The van der Waals surface area contributed by atoms with Gasteiger partial charge >= 0.3 is 0 Å². The molecule has 0 aromatic carbocycles. The van der Waals surface area contributed by atoms with Crippen LogP contribution in [0.2, 0.25) is 0 Å². The topological polar surface area (TPSA) is 60.4 Å². The van der Waals surface area contributed by atoms with Gasteiger partial charge in [0, 0.05) is 0 Å². The fraction of sp³-hybridized carbons (Fsp3) is 0.750. The van der Waals surface area contributed by atoms with Crippen molar-refractivity contribution < 1.29 is 17.2 Å². The summed E-state index contributed by atoms with van der Waals surface area (Å²) in [4.78, 5) is 0. The molecule has 0 radical (unpaired) electrons.